The second kappa shape index (κ2) is 4.58. The molecule has 0 spiro atoms. The van der Waals surface area contributed by atoms with Crippen LogP contribution in [0.15, 0.2) is 23.1 Å². The first-order chi connectivity index (χ1) is 7.74. The lowest BCUT2D eigenvalue weighted by molar-refractivity contribution is -0.136. The molecule has 1 aromatic heterocycles. The Morgan fingerprint density at radius 1 is 1.47 bits per heavy atom. The number of carbonyl (C=O) groups is 1. The Bertz CT molecular complexity index is 590. The number of nitrogens with one attached hydrogen (secondary N) is 1. The normalized spacial score (nSPS) is 13.1. The summed E-state index contributed by atoms with van der Waals surface area (Å²) in [7, 11) is -2.55. The van der Waals surface area contributed by atoms with Gasteiger partial charge < -0.3 is 9.67 Å². The highest BCUT2D eigenvalue weighted by atomic mass is 32.2. The number of anilines is 1. The van der Waals surface area contributed by atoms with Crippen LogP contribution in [0.25, 0.3) is 0 Å². The zero-order valence-corrected chi connectivity index (χ0v) is 10.1. The quantitative estimate of drug-likeness (QED) is 0.766. The molecule has 7 nitrogen and oxygen atoms in total. The number of carboxylic acids is 1. The van der Waals surface area contributed by atoms with E-state index in [1.807, 2.05) is 0 Å². The summed E-state index contributed by atoms with van der Waals surface area (Å²) in [6.07, 6.45) is 1.27. The molecule has 0 aromatic carbocycles. The Labute approximate surface area is 97.7 Å². The lowest BCUT2D eigenvalue weighted by atomic mass is 10.4. The maximum Gasteiger partial charge on any atom is 0.323 e. The summed E-state index contributed by atoms with van der Waals surface area (Å²) in [5.74, 6) is -1.44. The average Bonchev–Trinajstić information content (AvgIpc) is 2.22. The van der Waals surface area contributed by atoms with Crippen molar-refractivity contribution in [1.29, 1.82) is 0 Å². The molecule has 0 aliphatic rings. The Balaban J connectivity index is 3.02. The van der Waals surface area contributed by atoms with E-state index in [1.54, 1.807) is 0 Å². The minimum absolute atomic E-state index is 0.139. The molecule has 0 aliphatic carbocycles. The van der Waals surface area contributed by atoms with Gasteiger partial charge >= 0.3 is 5.97 Å². The van der Waals surface area contributed by atoms with Crippen LogP contribution >= 0.6 is 0 Å². The number of aryl methyl sites for hydroxylation is 1. The molecule has 1 aromatic rings. The van der Waals surface area contributed by atoms with Crippen LogP contribution in [0, 0.1) is 0 Å². The second-order valence-electron chi connectivity index (χ2n) is 3.49. The number of carboxylic acid groups (broad SMARTS) is 1. The predicted octanol–water partition coefficient (Wildman–Crippen LogP) is -0.400. The number of hydrogen-bond acceptors (Lipinski definition) is 4. The standard InChI is InChI=1S/C9H12N2O5S/c1-6(9(13)14)17(15,16)10-7-3-4-8(12)11(2)5-7/h3-6,10H,1-2H3,(H,13,14). The molecule has 0 fully saturated rings. The van der Waals surface area contributed by atoms with Crippen LogP contribution in [0.1, 0.15) is 6.92 Å². The van der Waals surface area contributed by atoms with E-state index in [0.717, 1.165) is 6.92 Å². The predicted molar refractivity (Wildman–Crippen MR) is 61.3 cm³/mol. The number of pyridine rings is 1. The number of rotatable bonds is 4. The zero-order valence-electron chi connectivity index (χ0n) is 9.25. The summed E-state index contributed by atoms with van der Waals surface area (Å²) >= 11 is 0. The fourth-order valence-corrected chi connectivity index (χ4v) is 1.93. The van der Waals surface area contributed by atoms with E-state index >= 15 is 0 Å². The third-order valence-electron chi connectivity index (χ3n) is 2.16. The minimum atomic E-state index is -4.01. The maximum atomic E-state index is 11.6. The minimum Gasteiger partial charge on any atom is -0.480 e. The highest BCUT2D eigenvalue weighted by Gasteiger charge is 2.27. The first-order valence-corrected chi connectivity index (χ1v) is 6.20. The lowest BCUT2D eigenvalue weighted by Gasteiger charge is -2.11. The summed E-state index contributed by atoms with van der Waals surface area (Å²) in [5, 5.41) is 7.05. The van der Waals surface area contributed by atoms with Crippen molar-refractivity contribution in [3.8, 4) is 0 Å². The molecule has 1 atom stereocenters. The van der Waals surface area contributed by atoms with E-state index in [1.165, 1.54) is 29.9 Å². The summed E-state index contributed by atoms with van der Waals surface area (Å²) in [6.45, 7) is 1.06. The number of nitrogens with zero attached hydrogens (tertiary/aromatic N) is 1. The number of aromatic nitrogens is 1. The number of aliphatic carboxylic acids is 1. The van der Waals surface area contributed by atoms with E-state index in [0.29, 0.717) is 0 Å². The number of sulfonamides is 1. The van der Waals surface area contributed by atoms with Crippen LogP contribution in [0.2, 0.25) is 0 Å². The summed E-state index contributed by atoms with van der Waals surface area (Å²) < 4.78 is 26.4. The van der Waals surface area contributed by atoms with Crippen LogP contribution in [0.4, 0.5) is 5.69 Å². The van der Waals surface area contributed by atoms with Crippen LogP contribution in [-0.4, -0.2) is 29.3 Å². The Hall–Kier alpha value is -1.83. The van der Waals surface area contributed by atoms with Gasteiger partial charge in [0, 0.05) is 19.3 Å². The van der Waals surface area contributed by atoms with Crippen LogP contribution < -0.4 is 10.3 Å². The largest absolute Gasteiger partial charge is 0.480 e. The molecule has 2 N–H and O–H groups in total. The van der Waals surface area contributed by atoms with Gasteiger partial charge in [-0.25, -0.2) is 8.42 Å². The van der Waals surface area contributed by atoms with E-state index in [4.69, 9.17) is 5.11 Å². The molecule has 0 aliphatic heterocycles. The molecule has 0 bridgehead atoms. The SMILES string of the molecule is CC(C(=O)O)S(=O)(=O)Nc1ccc(=O)n(C)c1. The molecule has 8 heteroatoms. The molecule has 1 unspecified atom stereocenters. The van der Waals surface area contributed by atoms with Crippen molar-refractivity contribution in [3.63, 3.8) is 0 Å². The highest BCUT2D eigenvalue weighted by molar-refractivity contribution is 7.94. The zero-order chi connectivity index (χ0) is 13.2. The van der Waals surface area contributed by atoms with Gasteiger partial charge in [-0.1, -0.05) is 0 Å². The molecule has 94 valence electrons. The van der Waals surface area contributed by atoms with Gasteiger partial charge in [0.1, 0.15) is 0 Å². The van der Waals surface area contributed by atoms with Crippen molar-refractivity contribution >= 4 is 21.7 Å². The third kappa shape index (κ3) is 3.06. The smallest absolute Gasteiger partial charge is 0.323 e. The van der Waals surface area contributed by atoms with E-state index in [9.17, 15) is 18.0 Å². The molecule has 0 radical (unpaired) electrons. The first-order valence-electron chi connectivity index (χ1n) is 4.65. The van der Waals surface area contributed by atoms with Crippen molar-refractivity contribution in [2.75, 3.05) is 4.72 Å². The molecule has 0 amide bonds. The fraction of sp³-hybridized carbons (Fsp3) is 0.333. The van der Waals surface area contributed by atoms with Crippen molar-refractivity contribution < 1.29 is 18.3 Å². The molecule has 1 rings (SSSR count). The van der Waals surface area contributed by atoms with Crippen LogP contribution in [0.5, 0.6) is 0 Å². The fourth-order valence-electron chi connectivity index (χ4n) is 1.04. The molecule has 17 heavy (non-hydrogen) atoms. The third-order valence-corrected chi connectivity index (χ3v) is 3.81. The van der Waals surface area contributed by atoms with Gasteiger partial charge in [-0.05, 0) is 13.0 Å². The summed E-state index contributed by atoms with van der Waals surface area (Å²) in [4.78, 5) is 21.7. The Morgan fingerprint density at radius 3 is 2.53 bits per heavy atom. The molecular weight excluding hydrogens is 248 g/mol. The van der Waals surface area contributed by atoms with Crippen molar-refractivity contribution in [2.45, 2.75) is 12.2 Å². The van der Waals surface area contributed by atoms with Crippen molar-refractivity contribution in [3.05, 3.63) is 28.7 Å². The van der Waals surface area contributed by atoms with Gasteiger partial charge in [-0.3, -0.25) is 14.3 Å². The molecular formula is C9H12N2O5S. The van der Waals surface area contributed by atoms with Crippen molar-refractivity contribution in [1.82, 2.24) is 4.57 Å². The van der Waals surface area contributed by atoms with Gasteiger partial charge in [0.05, 0.1) is 5.69 Å². The topological polar surface area (TPSA) is 105 Å². The molecule has 1 heterocycles. The van der Waals surface area contributed by atoms with Crippen molar-refractivity contribution in [2.24, 2.45) is 7.05 Å². The summed E-state index contributed by atoms with van der Waals surface area (Å²) in [6, 6.07) is 2.46. The highest BCUT2D eigenvalue weighted by Crippen LogP contribution is 2.09. The molecule has 0 saturated carbocycles. The van der Waals surface area contributed by atoms with E-state index in [2.05, 4.69) is 4.72 Å². The Kier molecular flexibility index (Phi) is 3.56. The van der Waals surface area contributed by atoms with Gasteiger partial charge in [-0.15, -0.1) is 0 Å². The van der Waals surface area contributed by atoms with Gasteiger partial charge in [0.2, 0.25) is 15.6 Å². The maximum absolute atomic E-state index is 11.6. The molecule has 0 saturated heterocycles. The van der Waals surface area contributed by atoms with E-state index in [-0.39, 0.29) is 11.2 Å². The summed E-state index contributed by atoms with van der Waals surface area (Å²) in [5.41, 5.74) is -0.153. The van der Waals surface area contributed by atoms with E-state index < -0.39 is 21.2 Å². The number of hydrogen-bond donors (Lipinski definition) is 2. The van der Waals surface area contributed by atoms with Gasteiger partial charge in [-0.2, -0.15) is 0 Å². The Morgan fingerprint density at radius 2 is 2.06 bits per heavy atom. The van der Waals surface area contributed by atoms with Crippen LogP contribution in [0.3, 0.4) is 0 Å². The van der Waals surface area contributed by atoms with Gasteiger partial charge in [0.25, 0.3) is 0 Å². The second-order valence-corrected chi connectivity index (χ2v) is 5.50. The average molecular weight is 260 g/mol. The monoisotopic (exact) mass is 260 g/mol. The lowest BCUT2D eigenvalue weighted by Crippen LogP contribution is -2.32. The first kappa shape index (κ1) is 13.2. The van der Waals surface area contributed by atoms with Crippen LogP contribution in [-0.2, 0) is 21.9 Å². The van der Waals surface area contributed by atoms with Gasteiger partial charge in [0.15, 0.2) is 5.25 Å².